The van der Waals surface area contributed by atoms with Gasteiger partial charge in [0.1, 0.15) is 0 Å². The summed E-state index contributed by atoms with van der Waals surface area (Å²) in [5, 5.41) is 11.6. The second kappa shape index (κ2) is 5.11. The van der Waals surface area contributed by atoms with E-state index >= 15 is 0 Å². The highest BCUT2D eigenvalue weighted by molar-refractivity contribution is 5.73. The van der Waals surface area contributed by atoms with E-state index in [1.165, 1.54) is 0 Å². The van der Waals surface area contributed by atoms with Gasteiger partial charge in [0.15, 0.2) is 0 Å². The normalized spacial score (nSPS) is 11.6. The summed E-state index contributed by atoms with van der Waals surface area (Å²) in [5.74, 6) is -0.827. The summed E-state index contributed by atoms with van der Waals surface area (Å²) in [7, 11) is 1.83. The minimum Gasteiger partial charge on any atom is -0.481 e. The molecule has 0 spiro atoms. The van der Waals surface area contributed by atoms with Crippen molar-refractivity contribution in [2.24, 2.45) is 5.41 Å². The molecule has 0 atom stereocenters. The lowest BCUT2D eigenvalue weighted by atomic mass is 9.95. The van der Waals surface area contributed by atoms with Crippen LogP contribution < -0.4 is 5.32 Å². The number of carboxylic acid groups (broad SMARTS) is 1. The molecule has 0 aliphatic rings. The van der Waals surface area contributed by atoms with Crippen molar-refractivity contribution in [2.75, 3.05) is 26.8 Å². The van der Waals surface area contributed by atoms with Crippen LogP contribution in [0.2, 0.25) is 0 Å². The van der Waals surface area contributed by atoms with Crippen LogP contribution in [0.25, 0.3) is 0 Å². The predicted octanol–water partition coefficient (Wildman–Crippen LogP) is 0.333. The van der Waals surface area contributed by atoms with Crippen molar-refractivity contribution in [1.29, 1.82) is 0 Å². The lowest BCUT2D eigenvalue weighted by Gasteiger charge is -2.18. The molecular weight excluding hydrogens is 158 g/mol. The largest absolute Gasteiger partial charge is 0.481 e. The minimum atomic E-state index is -0.827. The van der Waals surface area contributed by atoms with Crippen LogP contribution in [0.15, 0.2) is 0 Å². The van der Waals surface area contributed by atoms with E-state index in [0.717, 1.165) is 6.54 Å². The zero-order valence-corrected chi connectivity index (χ0v) is 7.89. The average molecular weight is 175 g/mol. The fourth-order valence-corrected chi connectivity index (χ4v) is 0.563. The molecule has 12 heavy (non-hydrogen) atoms. The predicted molar refractivity (Wildman–Crippen MR) is 46.2 cm³/mol. The van der Waals surface area contributed by atoms with Crippen molar-refractivity contribution >= 4 is 5.97 Å². The number of rotatable bonds is 6. The van der Waals surface area contributed by atoms with Crippen molar-refractivity contribution in [3.63, 3.8) is 0 Å². The zero-order chi connectivity index (χ0) is 9.61. The highest BCUT2D eigenvalue weighted by atomic mass is 16.5. The molecule has 0 radical (unpaired) electrons. The second-order valence-corrected chi connectivity index (χ2v) is 3.35. The number of carboxylic acids is 1. The standard InChI is InChI=1S/C8H17NO3/c1-8(2,7(10)11)6-12-5-4-9-3/h9H,4-6H2,1-3H3,(H,10,11). The molecule has 0 amide bonds. The van der Waals surface area contributed by atoms with Crippen LogP contribution in [0.5, 0.6) is 0 Å². The third kappa shape index (κ3) is 4.31. The summed E-state index contributed by atoms with van der Waals surface area (Å²) in [6.07, 6.45) is 0. The summed E-state index contributed by atoms with van der Waals surface area (Å²) in [6.45, 7) is 4.84. The Bertz CT molecular complexity index is 145. The minimum absolute atomic E-state index is 0.254. The Morgan fingerprint density at radius 3 is 2.58 bits per heavy atom. The molecule has 0 unspecified atom stereocenters. The van der Waals surface area contributed by atoms with E-state index in [9.17, 15) is 4.79 Å². The maximum absolute atomic E-state index is 10.6. The topological polar surface area (TPSA) is 58.6 Å². The number of ether oxygens (including phenoxy) is 1. The number of likely N-dealkylation sites (N-methyl/N-ethyl adjacent to an activating group) is 1. The summed E-state index contributed by atoms with van der Waals surface area (Å²) >= 11 is 0. The third-order valence-electron chi connectivity index (χ3n) is 1.54. The summed E-state index contributed by atoms with van der Waals surface area (Å²) in [4.78, 5) is 10.6. The molecule has 0 aromatic carbocycles. The van der Waals surface area contributed by atoms with Gasteiger partial charge in [-0.2, -0.15) is 0 Å². The van der Waals surface area contributed by atoms with E-state index < -0.39 is 11.4 Å². The van der Waals surface area contributed by atoms with Crippen molar-refractivity contribution in [3.05, 3.63) is 0 Å². The van der Waals surface area contributed by atoms with Crippen LogP contribution in [0.3, 0.4) is 0 Å². The van der Waals surface area contributed by atoms with E-state index in [1.807, 2.05) is 7.05 Å². The molecule has 4 heteroatoms. The Hall–Kier alpha value is -0.610. The van der Waals surface area contributed by atoms with Crippen molar-refractivity contribution in [2.45, 2.75) is 13.8 Å². The Kier molecular flexibility index (Phi) is 4.85. The summed E-state index contributed by atoms with van der Waals surface area (Å²) < 4.78 is 5.16. The molecule has 0 bridgehead atoms. The van der Waals surface area contributed by atoms with Gasteiger partial charge in [0.25, 0.3) is 0 Å². The number of carbonyl (C=O) groups is 1. The third-order valence-corrected chi connectivity index (χ3v) is 1.54. The van der Waals surface area contributed by atoms with E-state index in [4.69, 9.17) is 9.84 Å². The lowest BCUT2D eigenvalue weighted by molar-refractivity contribution is -0.150. The van der Waals surface area contributed by atoms with E-state index in [1.54, 1.807) is 13.8 Å². The summed E-state index contributed by atoms with van der Waals surface area (Å²) in [5.41, 5.74) is -0.784. The fraction of sp³-hybridized carbons (Fsp3) is 0.875. The first kappa shape index (κ1) is 11.4. The molecule has 0 saturated heterocycles. The first-order chi connectivity index (χ1) is 5.50. The molecule has 0 aliphatic heterocycles. The Morgan fingerprint density at radius 1 is 1.58 bits per heavy atom. The molecule has 2 N–H and O–H groups in total. The first-order valence-electron chi connectivity index (χ1n) is 3.96. The maximum Gasteiger partial charge on any atom is 0.311 e. The molecule has 0 heterocycles. The first-order valence-corrected chi connectivity index (χ1v) is 3.96. The van der Waals surface area contributed by atoms with Gasteiger partial charge in [-0.1, -0.05) is 0 Å². The van der Waals surface area contributed by atoms with Crippen LogP contribution in [0.4, 0.5) is 0 Å². The van der Waals surface area contributed by atoms with Gasteiger partial charge in [-0.25, -0.2) is 0 Å². The molecule has 0 fully saturated rings. The molecule has 0 aliphatic carbocycles. The number of hydrogen-bond acceptors (Lipinski definition) is 3. The van der Waals surface area contributed by atoms with Gasteiger partial charge < -0.3 is 15.2 Å². The van der Waals surface area contributed by atoms with Gasteiger partial charge in [-0.3, -0.25) is 4.79 Å². The molecule has 4 nitrogen and oxygen atoms in total. The zero-order valence-electron chi connectivity index (χ0n) is 7.89. The van der Waals surface area contributed by atoms with Gasteiger partial charge in [0, 0.05) is 6.54 Å². The van der Waals surface area contributed by atoms with Crippen LogP contribution in [-0.4, -0.2) is 37.9 Å². The van der Waals surface area contributed by atoms with Crippen LogP contribution in [0, 0.1) is 5.41 Å². The van der Waals surface area contributed by atoms with E-state index in [-0.39, 0.29) is 6.61 Å². The number of aliphatic carboxylic acids is 1. The van der Waals surface area contributed by atoms with Crippen LogP contribution in [-0.2, 0) is 9.53 Å². The molecule has 0 rings (SSSR count). The van der Waals surface area contributed by atoms with E-state index in [0.29, 0.717) is 6.61 Å². The van der Waals surface area contributed by atoms with Gasteiger partial charge in [0.05, 0.1) is 18.6 Å². The van der Waals surface area contributed by atoms with Gasteiger partial charge in [-0.15, -0.1) is 0 Å². The van der Waals surface area contributed by atoms with Gasteiger partial charge >= 0.3 is 5.97 Å². The van der Waals surface area contributed by atoms with Crippen LogP contribution in [0.1, 0.15) is 13.8 Å². The van der Waals surface area contributed by atoms with Gasteiger partial charge in [-0.05, 0) is 20.9 Å². The smallest absolute Gasteiger partial charge is 0.311 e. The SMILES string of the molecule is CNCCOCC(C)(C)C(=O)O. The molecule has 0 aromatic heterocycles. The van der Waals surface area contributed by atoms with Crippen LogP contribution >= 0.6 is 0 Å². The highest BCUT2D eigenvalue weighted by Gasteiger charge is 2.26. The number of nitrogens with one attached hydrogen (secondary N) is 1. The highest BCUT2D eigenvalue weighted by Crippen LogP contribution is 2.14. The molecule has 72 valence electrons. The second-order valence-electron chi connectivity index (χ2n) is 3.35. The van der Waals surface area contributed by atoms with Crippen molar-refractivity contribution in [1.82, 2.24) is 5.32 Å². The lowest BCUT2D eigenvalue weighted by Crippen LogP contribution is -2.30. The Balaban J connectivity index is 3.54. The number of hydrogen-bond donors (Lipinski definition) is 2. The van der Waals surface area contributed by atoms with Crippen molar-refractivity contribution < 1.29 is 14.6 Å². The molecule has 0 aromatic rings. The van der Waals surface area contributed by atoms with Gasteiger partial charge in [0.2, 0.25) is 0 Å². The Morgan fingerprint density at radius 2 is 2.17 bits per heavy atom. The summed E-state index contributed by atoms with van der Waals surface area (Å²) in [6, 6.07) is 0. The Labute approximate surface area is 72.9 Å². The molecule has 0 saturated carbocycles. The monoisotopic (exact) mass is 175 g/mol. The van der Waals surface area contributed by atoms with E-state index in [2.05, 4.69) is 5.32 Å². The fourth-order valence-electron chi connectivity index (χ4n) is 0.563. The quantitative estimate of drug-likeness (QED) is 0.571. The molecular formula is C8H17NO3. The van der Waals surface area contributed by atoms with Crippen molar-refractivity contribution in [3.8, 4) is 0 Å². The average Bonchev–Trinajstić information content (AvgIpc) is 1.98. The maximum atomic E-state index is 10.6.